The summed E-state index contributed by atoms with van der Waals surface area (Å²) in [6.45, 7) is 2.41. The molecule has 0 saturated carbocycles. The Labute approximate surface area is 187 Å². The summed E-state index contributed by atoms with van der Waals surface area (Å²) in [4.78, 5) is 27.7. The van der Waals surface area contributed by atoms with Crippen LogP contribution in [0.5, 0.6) is 0 Å². The predicted molar refractivity (Wildman–Crippen MR) is 125 cm³/mol. The lowest BCUT2D eigenvalue weighted by Gasteiger charge is -2.24. The molecule has 3 heterocycles. The number of rotatable bonds is 6. The highest BCUT2D eigenvalue weighted by molar-refractivity contribution is 5.92. The largest absolute Gasteiger partial charge is 0.399 e. The van der Waals surface area contributed by atoms with Gasteiger partial charge in [0.2, 0.25) is 0 Å². The van der Waals surface area contributed by atoms with E-state index in [4.69, 9.17) is 10.6 Å². The minimum atomic E-state index is -0.219. The number of anilines is 3. The maximum Gasteiger partial charge on any atom is 0.319 e. The smallest absolute Gasteiger partial charge is 0.319 e. The lowest BCUT2D eigenvalue weighted by molar-refractivity contribution is 0.215. The van der Waals surface area contributed by atoms with Gasteiger partial charge in [-0.05, 0) is 43.5 Å². The summed E-state index contributed by atoms with van der Waals surface area (Å²) in [6.07, 6.45) is 7.37. The molecule has 32 heavy (non-hydrogen) atoms. The third-order valence-electron chi connectivity index (χ3n) is 5.89. The topological polar surface area (TPSA) is 130 Å². The zero-order valence-corrected chi connectivity index (χ0v) is 18.3. The van der Waals surface area contributed by atoms with Crippen molar-refractivity contribution in [2.45, 2.75) is 37.8 Å². The maximum absolute atomic E-state index is 12.5. The number of benzene rings is 1. The predicted octanol–water partition coefficient (Wildman–Crippen LogP) is 2.25. The van der Waals surface area contributed by atoms with Gasteiger partial charge in [0.1, 0.15) is 25.1 Å². The summed E-state index contributed by atoms with van der Waals surface area (Å²) >= 11 is 0. The molecular weight excluding hydrogens is 408 g/mol. The number of aromatic nitrogens is 2. The number of carbonyl (C=O) groups excluding carboxylic acids is 1. The van der Waals surface area contributed by atoms with Gasteiger partial charge in [-0.25, -0.2) is 14.8 Å². The number of nitrogen functional groups attached to an aromatic ring is 1. The molecule has 10 nitrogen and oxygen atoms in total. The second kappa shape index (κ2) is 10.3. The molecule has 2 aliphatic heterocycles. The van der Waals surface area contributed by atoms with Crippen molar-refractivity contribution >= 4 is 29.6 Å². The number of nitrogens with two attached hydrogens (primary N) is 1. The normalized spacial score (nSPS) is 21.0. The van der Waals surface area contributed by atoms with Crippen molar-refractivity contribution in [3.05, 3.63) is 41.7 Å². The van der Waals surface area contributed by atoms with Crippen molar-refractivity contribution in [1.82, 2.24) is 20.6 Å². The molecule has 4 rings (SSSR count). The lowest BCUT2D eigenvalue weighted by atomic mass is 9.97. The second-order valence-corrected chi connectivity index (χ2v) is 8.07. The highest BCUT2D eigenvalue weighted by Crippen LogP contribution is 2.25. The van der Waals surface area contributed by atoms with Gasteiger partial charge in [0.15, 0.2) is 0 Å². The first kappa shape index (κ1) is 21.8. The molecule has 0 bridgehead atoms. The van der Waals surface area contributed by atoms with Crippen molar-refractivity contribution in [1.29, 1.82) is 0 Å². The first-order valence-corrected chi connectivity index (χ1v) is 11.0. The molecule has 2 aromatic rings. The molecule has 1 aromatic heterocycles. The molecule has 0 spiro atoms. The molecule has 2 unspecified atom stereocenters. The summed E-state index contributed by atoms with van der Waals surface area (Å²) in [5.74, 6) is 1.01. The van der Waals surface area contributed by atoms with Crippen LogP contribution in [0.25, 0.3) is 0 Å². The van der Waals surface area contributed by atoms with Crippen LogP contribution in [0.4, 0.5) is 22.1 Å². The van der Waals surface area contributed by atoms with Crippen LogP contribution in [0.3, 0.4) is 0 Å². The molecule has 10 heteroatoms. The van der Waals surface area contributed by atoms with Crippen molar-refractivity contribution in [3.63, 3.8) is 0 Å². The average Bonchev–Trinajstić information content (AvgIpc) is 3.27. The second-order valence-electron chi connectivity index (χ2n) is 8.07. The van der Waals surface area contributed by atoms with E-state index < -0.39 is 0 Å². The van der Waals surface area contributed by atoms with Crippen LogP contribution in [0.15, 0.2) is 35.7 Å². The zero-order chi connectivity index (χ0) is 22.3. The van der Waals surface area contributed by atoms with Crippen molar-refractivity contribution < 1.29 is 9.63 Å². The van der Waals surface area contributed by atoms with Gasteiger partial charge in [-0.2, -0.15) is 0 Å². The fraction of sp³-hybridized carbons (Fsp3) is 0.455. The van der Waals surface area contributed by atoms with Crippen LogP contribution in [-0.4, -0.2) is 55.0 Å². The van der Waals surface area contributed by atoms with Gasteiger partial charge >= 0.3 is 6.03 Å². The van der Waals surface area contributed by atoms with E-state index in [-0.39, 0.29) is 12.1 Å². The Morgan fingerprint density at radius 1 is 1.28 bits per heavy atom. The first-order valence-electron chi connectivity index (χ1n) is 11.0. The lowest BCUT2D eigenvalue weighted by Crippen LogP contribution is -2.40. The Morgan fingerprint density at radius 3 is 2.88 bits per heavy atom. The summed E-state index contributed by atoms with van der Waals surface area (Å²) in [5.41, 5.74) is 8.62. The van der Waals surface area contributed by atoms with E-state index in [0.29, 0.717) is 29.8 Å². The van der Waals surface area contributed by atoms with E-state index in [1.165, 1.54) is 38.1 Å². The Hall–Kier alpha value is -3.40. The van der Waals surface area contributed by atoms with Gasteiger partial charge < -0.3 is 31.4 Å². The number of amides is 2. The molecule has 1 aromatic carbocycles. The van der Waals surface area contributed by atoms with Crippen LogP contribution < -0.4 is 26.6 Å². The van der Waals surface area contributed by atoms with Gasteiger partial charge in [0.05, 0.1) is 11.8 Å². The quantitative estimate of drug-likeness (QED) is 0.402. The van der Waals surface area contributed by atoms with Crippen LogP contribution in [0.1, 0.15) is 42.9 Å². The first-order chi connectivity index (χ1) is 15.6. The van der Waals surface area contributed by atoms with Gasteiger partial charge in [-0.1, -0.05) is 23.7 Å². The van der Waals surface area contributed by atoms with Gasteiger partial charge in [-0.15, -0.1) is 0 Å². The van der Waals surface area contributed by atoms with E-state index in [1.807, 2.05) is 12.1 Å². The zero-order valence-electron chi connectivity index (χ0n) is 18.3. The number of hydrogen-bond donors (Lipinski definition) is 4. The minimum absolute atomic E-state index is 0.0101. The summed E-state index contributed by atoms with van der Waals surface area (Å²) < 4.78 is 0. The molecule has 0 aliphatic carbocycles. The van der Waals surface area contributed by atoms with Crippen LogP contribution >= 0.6 is 0 Å². The Balaban J connectivity index is 1.32. The number of nitrogens with zero attached hydrogens (tertiary/aromatic N) is 4. The third-order valence-corrected chi connectivity index (χ3v) is 5.89. The molecule has 0 radical (unpaired) electrons. The molecule has 2 aliphatic rings. The van der Waals surface area contributed by atoms with Crippen molar-refractivity contribution in [2.75, 3.05) is 42.7 Å². The molecule has 2 atom stereocenters. The fourth-order valence-corrected chi connectivity index (χ4v) is 4.24. The average molecular weight is 439 g/mol. The molecule has 5 N–H and O–H groups in total. The van der Waals surface area contributed by atoms with E-state index in [1.54, 1.807) is 0 Å². The van der Waals surface area contributed by atoms with Gasteiger partial charge in [0.25, 0.3) is 0 Å². The SMILES string of the molecule is CON=Cc1c(N)ncnc1N1CCC(NC(=O)Nc2ccc(C3CCCCN3)cc2)C1. The maximum atomic E-state index is 12.5. The number of piperidine rings is 1. The van der Waals surface area contributed by atoms with E-state index in [0.717, 1.165) is 31.6 Å². The monoisotopic (exact) mass is 438 g/mol. The van der Waals surface area contributed by atoms with Crippen LogP contribution in [0.2, 0.25) is 0 Å². The Kier molecular flexibility index (Phi) is 7.00. The minimum Gasteiger partial charge on any atom is -0.399 e. The number of carbonyl (C=O) groups is 1. The van der Waals surface area contributed by atoms with Gasteiger partial charge in [0, 0.05) is 30.9 Å². The number of nitrogens with one attached hydrogen (secondary N) is 3. The molecule has 2 fully saturated rings. The standard InChI is InChI=1S/C22H30N8O2/c1-32-27-12-18-20(23)25-14-26-21(18)30-11-9-17(13-30)29-22(31)28-16-7-5-15(6-8-16)19-4-2-3-10-24-19/h5-8,12,14,17,19,24H,2-4,9-11,13H2,1H3,(H2,23,25,26)(H2,28,29,31). The Bertz CT molecular complexity index is 943. The van der Waals surface area contributed by atoms with E-state index >= 15 is 0 Å². The number of urea groups is 1. The molecular formula is C22H30N8O2. The molecule has 170 valence electrons. The number of oxime groups is 1. The highest BCUT2D eigenvalue weighted by Gasteiger charge is 2.27. The summed E-state index contributed by atoms with van der Waals surface area (Å²) in [6, 6.07) is 8.25. The van der Waals surface area contributed by atoms with Crippen molar-refractivity contribution in [3.8, 4) is 0 Å². The van der Waals surface area contributed by atoms with Gasteiger partial charge in [-0.3, -0.25) is 0 Å². The van der Waals surface area contributed by atoms with Crippen molar-refractivity contribution in [2.24, 2.45) is 5.16 Å². The van der Waals surface area contributed by atoms with Crippen LogP contribution in [-0.2, 0) is 4.84 Å². The number of hydrogen-bond acceptors (Lipinski definition) is 8. The summed E-state index contributed by atoms with van der Waals surface area (Å²) in [7, 11) is 1.46. The van der Waals surface area contributed by atoms with E-state index in [2.05, 4.69) is 48.1 Å². The van der Waals surface area contributed by atoms with E-state index in [9.17, 15) is 4.79 Å². The Morgan fingerprint density at radius 2 is 2.12 bits per heavy atom. The van der Waals surface area contributed by atoms with Crippen LogP contribution in [0, 0.1) is 0 Å². The third kappa shape index (κ3) is 5.25. The highest BCUT2D eigenvalue weighted by atomic mass is 16.6. The summed E-state index contributed by atoms with van der Waals surface area (Å²) in [5, 5.41) is 13.3. The molecule has 2 saturated heterocycles. The fourth-order valence-electron chi connectivity index (χ4n) is 4.24. The molecule has 2 amide bonds.